The molecule has 0 amide bonds. The fourth-order valence-corrected chi connectivity index (χ4v) is 4.41. The van der Waals surface area contributed by atoms with Crippen LogP contribution in [0.2, 0.25) is 0 Å². The molecule has 0 bridgehead atoms. The number of thiocarbonyl (C=S) groups is 1. The van der Waals surface area contributed by atoms with Gasteiger partial charge in [0.1, 0.15) is 5.82 Å². The van der Waals surface area contributed by atoms with Crippen molar-refractivity contribution in [3.63, 3.8) is 0 Å². The number of hydrogen-bond acceptors (Lipinski definition) is 6. The van der Waals surface area contributed by atoms with E-state index in [2.05, 4.69) is 22.4 Å². The average molecular weight is 467 g/mol. The van der Waals surface area contributed by atoms with Gasteiger partial charge in [-0.3, -0.25) is 0 Å². The van der Waals surface area contributed by atoms with Crippen LogP contribution >= 0.6 is 12.2 Å². The lowest BCUT2D eigenvalue weighted by Gasteiger charge is -2.37. The number of fused-ring (bicyclic) bond motifs is 1. The van der Waals surface area contributed by atoms with Gasteiger partial charge in [-0.1, -0.05) is 30.6 Å². The predicted molar refractivity (Wildman–Crippen MR) is 125 cm³/mol. The summed E-state index contributed by atoms with van der Waals surface area (Å²) < 4.78 is 30.6. The minimum atomic E-state index is -0.420. The summed E-state index contributed by atoms with van der Waals surface area (Å²) >= 11 is 5.65. The van der Waals surface area contributed by atoms with E-state index in [1.54, 1.807) is 6.07 Å². The van der Waals surface area contributed by atoms with Crippen molar-refractivity contribution in [1.29, 1.82) is 0 Å². The highest BCUT2D eigenvalue weighted by Gasteiger charge is 2.34. The summed E-state index contributed by atoms with van der Waals surface area (Å²) in [6.07, 6.45) is 2.01. The number of nitrogens with one attached hydrogen (secondary N) is 1. The van der Waals surface area contributed by atoms with Gasteiger partial charge >= 0.3 is 0 Å². The van der Waals surface area contributed by atoms with Crippen molar-refractivity contribution in [3.8, 4) is 22.9 Å². The Balaban J connectivity index is 1.57. The van der Waals surface area contributed by atoms with Crippen LogP contribution in [0.1, 0.15) is 44.2 Å². The molecular weight excluding hydrogens is 443 g/mol. The van der Waals surface area contributed by atoms with Gasteiger partial charge in [0, 0.05) is 17.8 Å². The second-order valence-electron chi connectivity index (χ2n) is 7.93. The summed E-state index contributed by atoms with van der Waals surface area (Å²) in [5.74, 6) is 1.78. The molecule has 3 aromatic rings. The molecule has 0 fully saturated rings. The predicted octanol–water partition coefficient (Wildman–Crippen LogP) is 5.07. The lowest BCUT2D eigenvalue weighted by Crippen LogP contribution is -2.46. The first-order chi connectivity index (χ1) is 16.0. The van der Waals surface area contributed by atoms with Crippen LogP contribution in [0, 0.1) is 5.82 Å². The Morgan fingerprint density at radius 3 is 2.85 bits per heavy atom. The van der Waals surface area contributed by atoms with E-state index < -0.39 is 6.04 Å². The number of aromatic nitrogens is 2. The molecule has 7 nitrogen and oxygen atoms in total. The minimum absolute atomic E-state index is 0.191. The van der Waals surface area contributed by atoms with Crippen LogP contribution in [0.5, 0.6) is 11.5 Å². The Morgan fingerprint density at radius 1 is 1.18 bits per heavy atom. The van der Waals surface area contributed by atoms with Gasteiger partial charge in [-0.25, -0.2) is 4.39 Å². The van der Waals surface area contributed by atoms with Crippen LogP contribution in [0.15, 0.2) is 52.7 Å². The van der Waals surface area contributed by atoms with Crippen LogP contribution in [0.3, 0.4) is 0 Å². The monoisotopic (exact) mass is 466 g/mol. The third-order valence-corrected chi connectivity index (χ3v) is 6.14. The standard InChI is InChI=1S/C24H23FN4O3S/c1-3-4-10-29-14(2)20(21(26-24(29)33)15-6-5-7-17(25)11-15)23-27-22(28-32-23)16-8-9-18-19(12-16)31-13-30-18/h5-9,11-12,21H,3-4,10,13H2,1-2H3,(H,26,33). The van der Waals surface area contributed by atoms with E-state index in [1.807, 2.05) is 36.1 Å². The zero-order chi connectivity index (χ0) is 22.9. The fraction of sp³-hybridized carbons (Fsp3) is 0.292. The molecule has 2 aliphatic rings. The Kier molecular flexibility index (Phi) is 5.72. The van der Waals surface area contributed by atoms with Gasteiger partial charge in [0.15, 0.2) is 16.6 Å². The highest BCUT2D eigenvalue weighted by atomic mass is 32.1. The number of halogens is 1. The van der Waals surface area contributed by atoms with Gasteiger partial charge in [0.05, 0.1) is 11.6 Å². The van der Waals surface area contributed by atoms with Crippen LogP contribution in [-0.4, -0.2) is 33.5 Å². The minimum Gasteiger partial charge on any atom is -0.454 e. The average Bonchev–Trinajstić information content (AvgIpc) is 3.48. The molecule has 0 saturated carbocycles. The number of ether oxygens (including phenoxy) is 2. The van der Waals surface area contributed by atoms with Crippen molar-refractivity contribution in [2.45, 2.75) is 32.7 Å². The highest BCUT2D eigenvalue weighted by molar-refractivity contribution is 7.80. The molecular formula is C24H23FN4O3S. The van der Waals surface area contributed by atoms with Gasteiger partial charge in [-0.2, -0.15) is 4.98 Å². The fourth-order valence-electron chi connectivity index (χ4n) is 4.07. The molecule has 1 unspecified atom stereocenters. The van der Waals surface area contributed by atoms with Gasteiger partial charge in [0.2, 0.25) is 12.6 Å². The first-order valence-corrected chi connectivity index (χ1v) is 11.2. The van der Waals surface area contributed by atoms with E-state index in [1.165, 1.54) is 12.1 Å². The maximum atomic E-state index is 14.1. The zero-order valence-corrected chi connectivity index (χ0v) is 19.1. The molecule has 33 heavy (non-hydrogen) atoms. The molecule has 170 valence electrons. The molecule has 5 rings (SSSR count). The van der Waals surface area contributed by atoms with Crippen LogP contribution in [-0.2, 0) is 0 Å². The van der Waals surface area contributed by atoms with Crippen molar-refractivity contribution in [2.75, 3.05) is 13.3 Å². The molecule has 0 spiro atoms. The molecule has 1 atom stereocenters. The van der Waals surface area contributed by atoms with Gasteiger partial charge in [-0.15, -0.1) is 0 Å². The highest BCUT2D eigenvalue weighted by Crippen LogP contribution is 2.39. The summed E-state index contributed by atoms with van der Waals surface area (Å²) in [7, 11) is 0. The lowest BCUT2D eigenvalue weighted by molar-refractivity contribution is 0.174. The van der Waals surface area contributed by atoms with E-state index >= 15 is 0 Å². The number of hydrogen-bond donors (Lipinski definition) is 1. The van der Waals surface area contributed by atoms with Gasteiger partial charge in [-0.05, 0) is 61.5 Å². The number of allylic oxidation sites excluding steroid dienone is 1. The maximum absolute atomic E-state index is 14.1. The van der Waals surface area contributed by atoms with Crippen LogP contribution < -0.4 is 14.8 Å². The molecule has 1 N–H and O–H groups in total. The zero-order valence-electron chi connectivity index (χ0n) is 18.3. The van der Waals surface area contributed by atoms with Crippen molar-refractivity contribution < 1.29 is 18.4 Å². The van der Waals surface area contributed by atoms with Crippen molar-refractivity contribution in [2.24, 2.45) is 0 Å². The summed E-state index contributed by atoms with van der Waals surface area (Å²) in [6.45, 7) is 5.06. The quantitative estimate of drug-likeness (QED) is 0.505. The summed E-state index contributed by atoms with van der Waals surface area (Å²) in [5, 5.41) is 8.15. The van der Waals surface area contributed by atoms with Gasteiger partial charge < -0.3 is 24.2 Å². The second kappa shape index (κ2) is 8.82. The summed E-state index contributed by atoms with van der Waals surface area (Å²) in [5.41, 5.74) is 3.15. The first-order valence-electron chi connectivity index (χ1n) is 10.8. The molecule has 1 aromatic heterocycles. The molecule has 2 aliphatic heterocycles. The topological polar surface area (TPSA) is 72.7 Å². The van der Waals surface area contributed by atoms with E-state index in [4.69, 9.17) is 26.2 Å². The van der Waals surface area contributed by atoms with E-state index in [-0.39, 0.29) is 12.6 Å². The number of unbranched alkanes of at least 4 members (excludes halogenated alkanes) is 1. The largest absolute Gasteiger partial charge is 0.454 e. The van der Waals surface area contributed by atoms with Crippen LogP contribution in [0.25, 0.3) is 17.0 Å². The summed E-state index contributed by atoms with van der Waals surface area (Å²) in [4.78, 5) is 6.72. The Morgan fingerprint density at radius 2 is 2.03 bits per heavy atom. The Hall–Kier alpha value is -3.46. The molecule has 9 heteroatoms. The number of rotatable bonds is 6. The smallest absolute Gasteiger partial charge is 0.258 e. The van der Waals surface area contributed by atoms with Gasteiger partial charge in [0.25, 0.3) is 5.89 Å². The summed E-state index contributed by atoms with van der Waals surface area (Å²) in [6, 6.07) is 11.5. The third-order valence-electron chi connectivity index (χ3n) is 5.80. The van der Waals surface area contributed by atoms with Crippen molar-refractivity contribution in [3.05, 3.63) is 65.4 Å². The van der Waals surface area contributed by atoms with E-state index in [0.717, 1.165) is 41.8 Å². The lowest BCUT2D eigenvalue weighted by atomic mass is 9.94. The third kappa shape index (κ3) is 4.04. The molecule has 0 saturated heterocycles. The SMILES string of the molecule is CCCCN1C(=S)NC(c2cccc(F)c2)C(c2nc(-c3ccc4c(c3)OCO4)no2)=C1C. The molecule has 0 radical (unpaired) electrons. The molecule has 3 heterocycles. The van der Waals surface area contributed by atoms with E-state index in [0.29, 0.717) is 28.3 Å². The van der Waals surface area contributed by atoms with E-state index in [9.17, 15) is 4.39 Å². The Labute approximate surface area is 196 Å². The maximum Gasteiger partial charge on any atom is 0.258 e. The normalized spacial score (nSPS) is 17.5. The second-order valence-corrected chi connectivity index (χ2v) is 8.32. The van der Waals surface area contributed by atoms with Crippen molar-refractivity contribution in [1.82, 2.24) is 20.4 Å². The first kappa shape index (κ1) is 21.4. The molecule has 2 aromatic carbocycles. The number of benzene rings is 2. The number of nitrogens with zero attached hydrogens (tertiary/aromatic N) is 3. The van der Waals surface area contributed by atoms with Crippen molar-refractivity contribution >= 4 is 22.9 Å². The Bertz CT molecular complexity index is 1240. The molecule has 0 aliphatic carbocycles. The van der Waals surface area contributed by atoms with Crippen LogP contribution in [0.4, 0.5) is 4.39 Å².